The van der Waals surface area contributed by atoms with Crippen LogP contribution in [0, 0.1) is 41.9 Å². The predicted molar refractivity (Wildman–Crippen MR) is 108 cm³/mol. The standard InChI is InChI=1S/C23H23N5O/c1-13-6-7-15(10-14(13)2)26-20(29)23-9-8-22(5,21(23,3)4)18-19(23)28-17(12-25)16(11-24)27-18/h6-7,10H,8-9H2,1-5H3,(H,26,29). The number of amides is 1. The second-order valence-electron chi connectivity index (χ2n) is 8.96. The monoisotopic (exact) mass is 385 g/mol. The highest BCUT2D eigenvalue weighted by Gasteiger charge is 2.73. The van der Waals surface area contributed by atoms with E-state index >= 15 is 0 Å². The molecule has 6 heteroatoms. The van der Waals surface area contributed by atoms with Crippen LogP contribution >= 0.6 is 0 Å². The van der Waals surface area contributed by atoms with Gasteiger partial charge in [-0.15, -0.1) is 0 Å². The number of hydrogen-bond acceptors (Lipinski definition) is 5. The molecule has 146 valence electrons. The molecule has 4 rings (SSSR count). The maximum Gasteiger partial charge on any atom is 0.237 e. The normalized spacial score (nSPS) is 25.8. The second-order valence-corrected chi connectivity index (χ2v) is 8.96. The van der Waals surface area contributed by atoms with Crippen LogP contribution < -0.4 is 5.32 Å². The fraction of sp³-hybridized carbons (Fsp3) is 0.435. The molecule has 1 fully saturated rings. The van der Waals surface area contributed by atoms with E-state index in [-0.39, 0.29) is 17.3 Å². The van der Waals surface area contributed by atoms with Gasteiger partial charge >= 0.3 is 0 Å². The molecule has 2 aliphatic rings. The lowest BCUT2D eigenvalue weighted by Crippen LogP contribution is -2.48. The summed E-state index contributed by atoms with van der Waals surface area (Å²) in [4.78, 5) is 22.8. The van der Waals surface area contributed by atoms with Crippen LogP contribution in [-0.2, 0) is 15.6 Å². The molecule has 1 amide bonds. The molecule has 2 aromatic rings. The lowest BCUT2D eigenvalue weighted by atomic mass is 9.63. The first-order valence-corrected chi connectivity index (χ1v) is 9.74. The summed E-state index contributed by atoms with van der Waals surface area (Å²) in [5.74, 6) is -0.129. The van der Waals surface area contributed by atoms with Crippen LogP contribution in [-0.4, -0.2) is 15.9 Å². The Balaban J connectivity index is 1.89. The summed E-state index contributed by atoms with van der Waals surface area (Å²) in [5.41, 5.74) is 2.49. The number of rotatable bonds is 2. The van der Waals surface area contributed by atoms with Gasteiger partial charge in [0, 0.05) is 11.1 Å². The summed E-state index contributed by atoms with van der Waals surface area (Å²) in [6, 6.07) is 9.80. The molecule has 1 N–H and O–H groups in total. The Morgan fingerprint density at radius 3 is 2.21 bits per heavy atom. The summed E-state index contributed by atoms with van der Waals surface area (Å²) in [6.07, 6.45) is 1.41. The van der Waals surface area contributed by atoms with Crippen molar-refractivity contribution in [2.24, 2.45) is 5.41 Å². The Kier molecular flexibility index (Phi) is 3.87. The Morgan fingerprint density at radius 2 is 1.62 bits per heavy atom. The van der Waals surface area contributed by atoms with Gasteiger partial charge in [-0.3, -0.25) is 4.79 Å². The molecule has 6 nitrogen and oxygen atoms in total. The van der Waals surface area contributed by atoms with Gasteiger partial charge in [0.05, 0.1) is 16.8 Å². The molecule has 0 radical (unpaired) electrons. The van der Waals surface area contributed by atoms with E-state index in [0.29, 0.717) is 17.8 Å². The summed E-state index contributed by atoms with van der Waals surface area (Å²) in [7, 11) is 0. The van der Waals surface area contributed by atoms with Crippen molar-refractivity contribution in [1.29, 1.82) is 10.5 Å². The van der Waals surface area contributed by atoms with Crippen LogP contribution in [0.4, 0.5) is 5.69 Å². The van der Waals surface area contributed by atoms with Crippen LogP contribution in [0.25, 0.3) is 0 Å². The molecule has 1 aromatic heterocycles. The van der Waals surface area contributed by atoms with Crippen molar-refractivity contribution in [1.82, 2.24) is 9.97 Å². The van der Waals surface area contributed by atoms with Crippen LogP contribution in [0.1, 0.15) is 67.5 Å². The fourth-order valence-corrected chi connectivity index (χ4v) is 5.20. The maximum absolute atomic E-state index is 13.7. The molecular formula is C23H23N5O. The first-order chi connectivity index (χ1) is 13.6. The average molecular weight is 385 g/mol. The third kappa shape index (κ3) is 2.17. The number of aromatic nitrogens is 2. The third-order valence-corrected chi connectivity index (χ3v) is 7.63. The maximum atomic E-state index is 13.7. The van der Waals surface area contributed by atoms with Crippen LogP contribution in [0.5, 0.6) is 0 Å². The molecule has 2 bridgehead atoms. The number of carbonyl (C=O) groups excluding carboxylic acids is 1. The minimum atomic E-state index is -0.900. The van der Waals surface area contributed by atoms with E-state index in [0.717, 1.165) is 23.2 Å². The molecule has 1 heterocycles. The lowest BCUT2D eigenvalue weighted by molar-refractivity contribution is -0.125. The topological polar surface area (TPSA) is 102 Å². The molecule has 2 unspecified atom stereocenters. The molecule has 2 atom stereocenters. The fourth-order valence-electron chi connectivity index (χ4n) is 5.20. The SMILES string of the molecule is Cc1ccc(NC(=O)C23CCC(C)(c4nc(C#N)c(C#N)nc42)C3(C)C)cc1C. The van der Waals surface area contributed by atoms with Crippen molar-refractivity contribution in [2.45, 2.75) is 58.3 Å². The number of nitrogens with zero attached hydrogens (tertiary/aromatic N) is 4. The average Bonchev–Trinajstić information content (AvgIpc) is 2.99. The van der Waals surface area contributed by atoms with Gasteiger partial charge in [-0.05, 0) is 55.4 Å². The highest BCUT2D eigenvalue weighted by atomic mass is 16.2. The number of carbonyl (C=O) groups is 1. The minimum absolute atomic E-state index is 0.0171. The van der Waals surface area contributed by atoms with Gasteiger partial charge in [0.1, 0.15) is 12.1 Å². The molecule has 29 heavy (non-hydrogen) atoms. The summed E-state index contributed by atoms with van der Waals surface area (Å²) < 4.78 is 0. The van der Waals surface area contributed by atoms with Gasteiger partial charge in [-0.25, -0.2) is 9.97 Å². The van der Waals surface area contributed by atoms with Gasteiger partial charge in [0.2, 0.25) is 5.91 Å². The number of nitriles is 2. The number of anilines is 1. The predicted octanol–water partition coefficient (Wildman–Crippen LogP) is 3.80. The first-order valence-electron chi connectivity index (χ1n) is 9.74. The third-order valence-electron chi connectivity index (χ3n) is 7.63. The van der Waals surface area contributed by atoms with Crippen molar-refractivity contribution in [3.63, 3.8) is 0 Å². The van der Waals surface area contributed by atoms with Crippen molar-refractivity contribution in [3.8, 4) is 12.1 Å². The number of fused-ring (bicyclic) bond motifs is 5. The number of aryl methyl sites for hydroxylation is 2. The highest BCUT2D eigenvalue weighted by molar-refractivity contribution is 6.01. The molecule has 1 saturated carbocycles. The van der Waals surface area contributed by atoms with Gasteiger partial charge in [0.15, 0.2) is 11.4 Å². The van der Waals surface area contributed by atoms with Crippen molar-refractivity contribution < 1.29 is 4.79 Å². The second kappa shape index (κ2) is 5.87. The minimum Gasteiger partial charge on any atom is -0.325 e. The first kappa shape index (κ1) is 19.1. The van der Waals surface area contributed by atoms with E-state index in [1.165, 1.54) is 0 Å². The Hall–Kier alpha value is -3.25. The van der Waals surface area contributed by atoms with Crippen molar-refractivity contribution >= 4 is 11.6 Å². The van der Waals surface area contributed by atoms with Crippen molar-refractivity contribution in [2.75, 3.05) is 5.32 Å². The van der Waals surface area contributed by atoms with E-state index in [9.17, 15) is 15.3 Å². The summed E-state index contributed by atoms with van der Waals surface area (Å²) in [5, 5.41) is 21.9. The zero-order valence-corrected chi connectivity index (χ0v) is 17.3. The van der Waals surface area contributed by atoms with Gasteiger partial charge in [-0.1, -0.05) is 26.8 Å². The van der Waals surface area contributed by atoms with E-state index in [1.54, 1.807) is 0 Å². The number of hydrogen-bond donors (Lipinski definition) is 1. The van der Waals surface area contributed by atoms with E-state index < -0.39 is 16.2 Å². The molecule has 1 aromatic carbocycles. The zero-order valence-electron chi connectivity index (χ0n) is 17.3. The molecular weight excluding hydrogens is 362 g/mol. The Labute approximate surface area is 170 Å². The van der Waals surface area contributed by atoms with Crippen LogP contribution in [0.2, 0.25) is 0 Å². The lowest BCUT2D eigenvalue weighted by Gasteiger charge is -2.39. The quantitative estimate of drug-likeness (QED) is 0.847. The van der Waals surface area contributed by atoms with Crippen LogP contribution in [0.15, 0.2) is 18.2 Å². The summed E-state index contributed by atoms with van der Waals surface area (Å²) >= 11 is 0. The summed E-state index contributed by atoms with van der Waals surface area (Å²) in [6.45, 7) is 10.3. The zero-order chi connectivity index (χ0) is 21.2. The number of nitrogens with one attached hydrogen (secondary N) is 1. The van der Waals surface area contributed by atoms with Gasteiger partial charge in [-0.2, -0.15) is 10.5 Å². The van der Waals surface area contributed by atoms with E-state index in [1.807, 2.05) is 44.2 Å². The molecule has 0 aliphatic heterocycles. The Morgan fingerprint density at radius 1 is 1.00 bits per heavy atom. The largest absolute Gasteiger partial charge is 0.325 e. The Bertz CT molecular complexity index is 1150. The molecule has 0 spiro atoms. The smallest absolute Gasteiger partial charge is 0.237 e. The molecule has 2 aliphatic carbocycles. The van der Waals surface area contributed by atoms with E-state index in [2.05, 4.69) is 36.1 Å². The molecule has 0 saturated heterocycles. The van der Waals surface area contributed by atoms with Gasteiger partial charge in [0.25, 0.3) is 0 Å². The van der Waals surface area contributed by atoms with Crippen molar-refractivity contribution in [3.05, 3.63) is 52.1 Å². The van der Waals surface area contributed by atoms with E-state index in [4.69, 9.17) is 0 Å². The number of benzene rings is 1. The van der Waals surface area contributed by atoms with Crippen LogP contribution in [0.3, 0.4) is 0 Å². The highest BCUT2D eigenvalue weighted by Crippen LogP contribution is 2.70. The van der Waals surface area contributed by atoms with Gasteiger partial charge < -0.3 is 5.32 Å².